The van der Waals surface area contributed by atoms with Crippen LogP contribution in [0.3, 0.4) is 0 Å². The van der Waals surface area contributed by atoms with Crippen molar-refractivity contribution in [3.05, 3.63) is 28.0 Å². The van der Waals surface area contributed by atoms with Gasteiger partial charge in [-0.3, -0.25) is 5.41 Å². The first-order chi connectivity index (χ1) is 8.50. The van der Waals surface area contributed by atoms with Gasteiger partial charge in [0.25, 0.3) is 0 Å². The molecule has 0 fully saturated rings. The Morgan fingerprint density at radius 1 is 1.56 bits per heavy atom. The molecule has 0 aliphatic carbocycles. The van der Waals surface area contributed by atoms with Crippen LogP contribution < -0.4 is 5.73 Å². The predicted octanol–water partition coefficient (Wildman–Crippen LogP) is 1.55. The Kier molecular flexibility index (Phi) is 3.62. The Bertz CT molecular complexity index is 613. The van der Waals surface area contributed by atoms with Crippen molar-refractivity contribution in [2.45, 2.75) is 10.1 Å². The van der Waals surface area contributed by atoms with Crippen LogP contribution in [0.4, 0.5) is 4.39 Å². The van der Waals surface area contributed by atoms with Crippen LogP contribution in [-0.4, -0.2) is 26.0 Å². The molecular formula is C9H8BrFN6S. The van der Waals surface area contributed by atoms with E-state index in [0.717, 1.165) is 11.8 Å². The summed E-state index contributed by atoms with van der Waals surface area (Å²) in [5.41, 5.74) is 5.65. The average Bonchev–Trinajstić information content (AvgIpc) is 2.70. The van der Waals surface area contributed by atoms with E-state index in [1.165, 1.54) is 10.7 Å². The molecule has 1 aromatic heterocycles. The molecule has 0 unspecified atom stereocenters. The molecule has 9 heteroatoms. The van der Waals surface area contributed by atoms with Crippen LogP contribution in [0.15, 0.2) is 26.7 Å². The van der Waals surface area contributed by atoms with E-state index in [9.17, 15) is 4.39 Å². The van der Waals surface area contributed by atoms with Crippen LogP contribution in [0.1, 0.15) is 5.56 Å². The lowest BCUT2D eigenvalue weighted by Gasteiger charge is -2.07. The highest BCUT2D eigenvalue weighted by molar-refractivity contribution is 9.10. The van der Waals surface area contributed by atoms with E-state index < -0.39 is 5.82 Å². The lowest BCUT2D eigenvalue weighted by atomic mass is 10.2. The normalized spacial score (nSPS) is 10.6. The molecule has 0 aliphatic rings. The third-order valence-corrected chi connectivity index (χ3v) is 3.96. The number of nitrogens with two attached hydrogens (primary N) is 1. The Balaban J connectivity index is 2.39. The SMILES string of the molecule is Cn1nnnc1Sc1ccc(C(=N)N)c(Br)c1F. The molecule has 0 bridgehead atoms. The summed E-state index contributed by atoms with van der Waals surface area (Å²) in [6.45, 7) is 0. The fourth-order valence-electron chi connectivity index (χ4n) is 1.22. The maximum absolute atomic E-state index is 14.0. The Hall–Kier alpha value is -1.48. The lowest BCUT2D eigenvalue weighted by molar-refractivity contribution is 0.593. The first-order valence-electron chi connectivity index (χ1n) is 4.73. The minimum atomic E-state index is -0.490. The molecule has 0 atom stereocenters. The lowest BCUT2D eigenvalue weighted by Crippen LogP contribution is -2.12. The number of nitrogens with one attached hydrogen (secondary N) is 1. The minimum absolute atomic E-state index is 0.162. The second kappa shape index (κ2) is 5.02. The Labute approximate surface area is 114 Å². The number of rotatable bonds is 3. The van der Waals surface area contributed by atoms with E-state index in [1.54, 1.807) is 13.1 Å². The highest BCUT2D eigenvalue weighted by atomic mass is 79.9. The monoisotopic (exact) mass is 330 g/mol. The first-order valence-corrected chi connectivity index (χ1v) is 6.34. The minimum Gasteiger partial charge on any atom is -0.384 e. The maximum Gasteiger partial charge on any atom is 0.213 e. The van der Waals surface area contributed by atoms with Crippen LogP contribution in [0, 0.1) is 11.2 Å². The number of amidine groups is 1. The zero-order valence-corrected chi connectivity index (χ0v) is 11.6. The van der Waals surface area contributed by atoms with Crippen molar-refractivity contribution < 1.29 is 4.39 Å². The van der Waals surface area contributed by atoms with E-state index in [-0.39, 0.29) is 10.3 Å². The Morgan fingerprint density at radius 3 is 2.83 bits per heavy atom. The number of nitrogen functional groups attached to an aromatic ring is 1. The number of benzene rings is 1. The van der Waals surface area contributed by atoms with Crippen molar-refractivity contribution in [2.24, 2.45) is 12.8 Å². The number of tetrazole rings is 1. The van der Waals surface area contributed by atoms with E-state index in [0.29, 0.717) is 15.6 Å². The number of aromatic nitrogens is 4. The largest absolute Gasteiger partial charge is 0.384 e. The van der Waals surface area contributed by atoms with Gasteiger partial charge in [-0.1, -0.05) is 0 Å². The third-order valence-electron chi connectivity index (χ3n) is 2.12. The maximum atomic E-state index is 14.0. The zero-order valence-electron chi connectivity index (χ0n) is 9.19. The van der Waals surface area contributed by atoms with Gasteiger partial charge in [0.2, 0.25) is 5.16 Å². The summed E-state index contributed by atoms with van der Waals surface area (Å²) in [4.78, 5) is 0.352. The summed E-state index contributed by atoms with van der Waals surface area (Å²) in [6.07, 6.45) is 0. The topological polar surface area (TPSA) is 93.5 Å². The van der Waals surface area contributed by atoms with Gasteiger partial charge in [0, 0.05) is 12.6 Å². The van der Waals surface area contributed by atoms with Gasteiger partial charge in [-0.05, 0) is 50.3 Å². The van der Waals surface area contributed by atoms with Crippen LogP contribution in [0.2, 0.25) is 0 Å². The summed E-state index contributed by atoms with van der Waals surface area (Å²) in [6, 6.07) is 3.11. The van der Waals surface area contributed by atoms with Crippen LogP contribution in [-0.2, 0) is 7.05 Å². The van der Waals surface area contributed by atoms with Crippen LogP contribution >= 0.6 is 27.7 Å². The molecule has 0 radical (unpaired) electrons. The Morgan fingerprint density at radius 2 is 2.28 bits per heavy atom. The average molecular weight is 331 g/mol. The number of aryl methyl sites for hydroxylation is 1. The number of hydrogen-bond donors (Lipinski definition) is 2. The molecule has 0 aliphatic heterocycles. The quantitative estimate of drug-likeness (QED) is 0.657. The molecule has 0 amide bonds. The van der Waals surface area contributed by atoms with Gasteiger partial charge in [0.1, 0.15) is 5.84 Å². The summed E-state index contributed by atoms with van der Waals surface area (Å²) < 4.78 is 15.7. The molecule has 0 spiro atoms. The number of hydrogen-bond acceptors (Lipinski definition) is 5. The van der Waals surface area contributed by atoms with E-state index in [1.807, 2.05) is 0 Å². The predicted molar refractivity (Wildman–Crippen MR) is 68.0 cm³/mol. The van der Waals surface area contributed by atoms with Crippen molar-refractivity contribution in [3.63, 3.8) is 0 Å². The molecule has 2 aromatic rings. The summed E-state index contributed by atoms with van der Waals surface area (Å²) in [7, 11) is 1.67. The highest BCUT2D eigenvalue weighted by Gasteiger charge is 2.15. The van der Waals surface area contributed by atoms with E-state index in [2.05, 4.69) is 31.5 Å². The van der Waals surface area contributed by atoms with Gasteiger partial charge in [0.15, 0.2) is 5.82 Å². The van der Waals surface area contributed by atoms with Crippen molar-refractivity contribution in [1.82, 2.24) is 20.2 Å². The number of nitrogens with zero attached hydrogens (tertiary/aromatic N) is 4. The fraction of sp³-hybridized carbons (Fsp3) is 0.111. The zero-order chi connectivity index (χ0) is 13.3. The summed E-state index contributed by atoms with van der Waals surface area (Å²) in [5.74, 6) is -0.687. The molecule has 3 N–H and O–H groups in total. The molecule has 18 heavy (non-hydrogen) atoms. The molecule has 0 saturated carbocycles. The summed E-state index contributed by atoms with van der Waals surface area (Å²) >= 11 is 4.18. The molecule has 6 nitrogen and oxygen atoms in total. The third kappa shape index (κ3) is 2.36. The molecule has 94 valence electrons. The van der Waals surface area contributed by atoms with Gasteiger partial charge in [-0.15, -0.1) is 5.10 Å². The smallest absolute Gasteiger partial charge is 0.213 e. The molecule has 2 rings (SSSR count). The molecular weight excluding hydrogens is 323 g/mol. The van der Waals surface area contributed by atoms with Gasteiger partial charge in [-0.25, -0.2) is 9.07 Å². The molecule has 1 aromatic carbocycles. The van der Waals surface area contributed by atoms with Crippen molar-refractivity contribution in [2.75, 3.05) is 0 Å². The highest BCUT2D eigenvalue weighted by Crippen LogP contribution is 2.32. The van der Waals surface area contributed by atoms with E-state index >= 15 is 0 Å². The second-order valence-electron chi connectivity index (χ2n) is 3.34. The van der Waals surface area contributed by atoms with Crippen molar-refractivity contribution in [3.8, 4) is 0 Å². The standard InChI is InChI=1S/C9H8BrFN6S/c1-17-9(14-15-16-17)18-5-3-2-4(8(12)13)6(10)7(5)11/h2-3H,1H3,(H3,12,13). The first kappa shape index (κ1) is 13.0. The number of halogens is 2. The van der Waals surface area contributed by atoms with Gasteiger partial charge >= 0.3 is 0 Å². The van der Waals surface area contributed by atoms with Gasteiger partial charge in [-0.2, -0.15) is 0 Å². The van der Waals surface area contributed by atoms with Gasteiger partial charge in [0.05, 0.1) is 9.37 Å². The van der Waals surface area contributed by atoms with E-state index in [4.69, 9.17) is 11.1 Å². The van der Waals surface area contributed by atoms with Crippen molar-refractivity contribution in [1.29, 1.82) is 5.41 Å². The molecule has 0 saturated heterocycles. The molecule has 1 heterocycles. The van der Waals surface area contributed by atoms with Gasteiger partial charge < -0.3 is 5.73 Å². The van der Waals surface area contributed by atoms with Crippen LogP contribution in [0.25, 0.3) is 0 Å². The second-order valence-corrected chi connectivity index (χ2v) is 5.14. The van der Waals surface area contributed by atoms with Crippen LogP contribution in [0.5, 0.6) is 0 Å². The summed E-state index contributed by atoms with van der Waals surface area (Å²) in [5, 5.41) is 18.7. The fourth-order valence-corrected chi connectivity index (χ4v) is 2.69. The van der Waals surface area contributed by atoms with Crippen molar-refractivity contribution >= 4 is 33.5 Å².